The molecule has 3 aromatic heterocycles. The smallest absolute Gasteiger partial charge is 0.268 e. The van der Waals surface area contributed by atoms with Crippen molar-refractivity contribution in [3.63, 3.8) is 0 Å². The molecule has 11 aromatic rings. The maximum atomic E-state index is 9.25. The van der Waals surface area contributed by atoms with Crippen molar-refractivity contribution in [2.45, 2.75) is 78.6 Å². The third kappa shape index (κ3) is 7.90. The molecule has 12 rings (SSSR count). The number of benzene rings is 8. The normalized spacial score (nSPS) is 13.4. The molecule has 1 aliphatic heterocycles. The summed E-state index contributed by atoms with van der Waals surface area (Å²) >= 11 is 0. The molecule has 4 heterocycles. The Labute approximate surface area is 444 Å². The molecule has 0 bridgehead atoms. The van der Waals surface area contributed by atoms with Gasteiger partial charge < -0.3 is 13.9 Å². The molecule has 0 fully saturated rings. The average molecular weight is 1120 g/mol. The number of imidazole rings is 1. The first kappa shape index (κ1) is 41.3. The first-order chi connectivity index (χ1) is 36.2. The fourth-order valence-corrected chi connectivity index (χ4v) is 10.3. The molecular formula is C66H56N4OPt-2. The predicted molar refractivity (Wildman–Crippen MR) is 291 cm³/mol. The van der Waals surface area contributed by atoms with Crippen molar-refractivity contribution in [1.82, 2.24) is 14.1 Å². The molecule has 6 heteroatoms. The molecule has 358 valence electrons. The van der Waals surface area contributed by atoms with Gasteiger partial charge in [-0.05, 0) is 113 Å². The van der Waals surface area contributed by atoms with Crippen molar-refractivity contribution in [2.75, 3.05) is 0 Å². The molecule has 8 aromatic carbocycles. The fraction of sp³-hybridized carbons (Fsp3) is 0.182. The van der Waals surface area contributed by atoms with E-state index in [1.54, 1.807) is 0 Å². The zero-order valence-corrected chi connectivity index (χ0v) is 44.1. The topological polar surface area (TPSA) is 35.9 Å². The summed E-state index contributed by atoms with van der Waals surface area (Å²) in [5.41, 5.74) is 14.0. The SMILES string of the molecule is [2H]c1c([2H])c([2H])c(-c2cccc3c2-c2ccccc2-c2cc(C(C)(C)C)cc4c2[n+]([c-]n4-c2[c-]c(Oc4[c-]c5c(cc4)c4ccccc4n5-c4cc(C(C)(C)C)ccn4)ccc2)-c2c-3cccc2C(C)(C)C)c([2H])c1[2H].[Pt]. The molecule has 0 aliphatic carbocycles. The minimum atomic E-state index is -0.426. The van der Waals surface area contributed by atoms with Gasteiger partial charge in [0.2, 0.25) is 0 Å². The zero-order chi connectivity index (χ0) is 53.3. The Morgan fingerprint density at radius 2 is 1.24 bits per heavy atom. The number of hydrogen-bond donors (Lipinski definition) is 0. The molecule has 0 spiro atoms. The van der Waals surface area contributed by atoms with E-state index in [1.165, 1.54) is 5.56 Å². The van der Waals surface area contributed by atoms with E-state index in [0.29, 0.717) is 17.1 Å². The van der Waals surface area contributed by atoms with Crippen molar-refractivity contribution in [2.24, 2.45) is 0 Å². The van der Waals surface area contributed by atoms with Crippen LogP contribution in [0.2, 0.25) is 0 Å². The van der Waals surface area contributed by atoms with Crippen molar-refractivity contribution in [1.29, 1.82) is 0 Å². The quantitative estimate of drug-likeness (QED) is 0.127. The van der Waals surface area contributed by atoms with Gasteiger partial charge in [0.05, 0.1) is 23.6 Å². The first-order valence-corrected chi connectivity index (χ1v) is 24.3. The van der Waals surface area contributed by atoms with Crippen LogP contribution < -0.4 is 9.30 Å². The van der Waals surface area contributed by atoms with Crippen molar-refractivity contribution >= 4 is 32.8 Å². The predicted octanol–water partition coefficient (Wildman–Crippen LogP) is 16.5. The van der Waals surface area contributed by atoms with E-state index in [-0.39, 0.29) is 67.0 Å². The second-order valence-electron chi connectivity index (χ2n) is 21.7. The van der Waals surface area contributed by atoms with Gasteiger partial charge in [-0.15, -0.1) is 29.7 Å². The molecule has 0 saturated carbocycles. The Balaban J connectivity index is 0.00000631. The molecule has 1 aliphatic rings. The van der Waals surface area contributed by atoms with Gasteiger partial charge in [-0.1, -0.05) is 183 Å². The largest absolute Gasteiger partial charge is 0.510 e. The monoisotopic (exact) mass is 1120 g/mol. The van der Waals surface area contributed by atoms with Crippen molar-refractivity contribution < 1.29 is 37.2 Å². The van der Waals surface area contributed by atoms with Gasteiger partial charge in [0.25, 0.3) is 6.33 Å². The number of fused-ring (bicyclic) bond motifs is 10. The van der Waals surface area contributed by atoms with Gasteiger partial charge in [-0.3, -0.25) is 4.57 Å². The summed E-state index contributed by atoms with van der Waals surface area (Å²) in [5, 5.41) is 2.15. The van der Waals surface area contributed by atoms with Crippen LogP contribution in [0.5, 0.6) is 11.5 Å². The van der Waals surface area contributed by atoms with Crippen molar-refractivity contribution in [3.8, 4) is 73.2 Å². The van der Waals surface area contributed by atoms with Gasteiger partial charge in [-0.2, -0.15) is 18.2 Å². The second-order valence-corrected chi connectivity index (χ2v) is 21.7. The summed E-state index contributed by atoms with van der Waals surface area (Å²) in [4.78, 5) is 4.88. The summed E-state index contributed by atoms with van der Waals surface area (Å²) in [5.74, 6) is 1.86. The Bertz CT molecular complexity index is 4200. The average Bonchev–Trinajstić information content (AvgIpc) is 4.06. The Kier molecular flexibility index (Phi) is 10.0. The molecule has 0 saturated heterocycles. The van der Waals surface area contributed by atoms with Gasteiger partial charge >= 0.3 is 0 Å². The van der Waals surface area contributed by atoms with Crippen LogP contribution in [0.15, 0.2) is 176 Å². The summed E-state index contributed by atoms with van der Waals surface area (Å²) in [6, 6.07) is 53.4. The molecule has 0 radical (unpaired) electrons. The Morgan fingerprint density at radius 3 is 2.01 bits per heavy atom. The van der Waals surface area contributed by atoms with Gasteiger partial charge in [-0.25, -0.2) is 4.98 Å². The van der Waals surface area contributed by atoms with Gasteiger partial charge in [0, 0.05) is 44.3 Å². The number of pyridine rings is 1. The summed E-state index contributed by atoms with van der Waals surface area (Å²) in [7, 11) is 0. The fourth-order valence-electron chi connectivity index (χ4n) is 10.3. The molecule has 5 nitrogen and oxygen atoms in total. The van der Waals surface area contributed by atoms with E-state index < -0.39 is 6.04 Å². The number of rotatable bonds is 5. The van der Waals surface area contributed by atoms with Crippen LogP contribution in [0.1, 0.15) is 85.9 Å². The maximum Gasteiger partial charge on any atom is 0.268 e. The number of para-hydroxylation sites is 2. The zero-order valence-electron chi connectivity index (χ0n) is 46.9. The van der Waals surface area contributed by atoms with E-state index >= 15 is 0 Å². The number of hydrogen-bond acceptors (Lipinski definition) is 2. The van der Waals surface area contributed by atoms with Crippen LogP contribution in [-0.2, 0) is 37.3 Å². The number of nitrogens with zero attached hydrogens (tertiary/aromatic N) is 4. The van der Waals surface area contributed by atoms with Crippen LogP contribution >= 0.6 is 0 Å². The second kappa shape index (κ2) is 17.5. The Morgan fingerprint density at radius 1 is 0.556 bits per heavy atom. The third-order valence-corrected chi connectivity index (χ3v) is 13.9. The van der Waals surface area contributed by atoms with E-state index in [0.717, 1.165) is 94.5 Å². The van der Waals surface area contributed by atoms with Crippen LogP contribution in [-0.4, -0.2) is 14.1 Å². The van der Waals surface area contributed by atoms with E-state index in [9.17, 15) is 2.74 Å². The number of aromatic nitrogens is 4. The van der Waals surface area contributed by atoms with Crippen molar-refractivity contribution in [3.05, 3.63) is 211 Å². The molecule has 0 amide bonds. The first-order valence-electron chi connectivity index (χ1n) is 26.8. The molecule has 0 atom stereocenters. The standard InChI is InChI=1S/C66H56N4O.Pt/c1-64(2,3)43-34-35-67-60(38-43)70-57-31-16-15-25-50(57)51-33-32-47(40-58(51)70)71-46-23-17-22-45(39-46)68-41-69-62-54(29-19-30-56(62)66(7,8)9)53-28-18-27-48(42-20-11-10-12-21-42)61(53)52-26-14-13-24-49(52)55-36-44(65(4,5)6)37-59(68)63(55)69;/h10-38H,1-9H3;/q-2;/i10D,11D,12D,20D,21D;. The molecule has 0 unspecified atom stereocenters. The molecule has 0 N–H and O–H groups in total. The van der Waals surface area contributed by atoms with E-state index in [4.69, 9.17) is 13.8 Å². The number of ether oxygens (including phenoxy) is 1. The molecule has 72 heavy (non-hydrogen) atoms. The van der Waals surface area contributed by atoms with Crippen LogP contribution in [0.4, 0.5) is 0 Å². The minimum Gasteiger partial charge on any atom is -0.510 e. The van der Waals surface area contributed by atoms with Crippen LogP contribution in [0.3, 0.4) is 0 Å². The summed E-state index contributed by atoms with van der Waals surface area (Å²) in [6.07, 6.45) is 5.79. The third-order valence-electron chi connectivity index (χ3n) is 13.9. The molecular weight excluding hydrogens is 1060 g/mol. The van der Waals surface area contributed by atoms with Crippen LogP contribution in [0, 0.1) is 18.5 Å². The Hall–Kier alpha value is -7.33. The van der Waals surface area contributed by atoms with E-state index in [2.05, 4.69) is 185 Å². The minimum absolute atomic E-state index is 0. The van der Waals surface area contributed by atoms with Crippen LogP contribution in [0.25, 0.3) is 94.5 Å². The van der Waals surface area contributed by atoms with E-state index in [1.807, 2.05) is 54.7 Å². The van der Waals surface area contributed by atoms with Gasteiger partial charge in [0.1, 0.15) is 5.82 Å². The summed E-state index contributed by atoms with van der Waals surface area (Å²) < 4.78 is 57.7. The van der Waals surface area contributed by atoms with Gasteiger partial charge in [0.15, 0.2) is 0 Å². The maximum absolute atomic E-state index is 9.25. The summed E-state index contributed by atoms with van der Waals surface area (Å²) in [6.45, 7) is 19.9.